The highest BCUT2D eigenvalue weighted by atomic mass is 32.2. The second kappa shape index (κ2) is 4.33. The van der Waals surface area contributed by atoms with Gasteiger partial charge in [0.05, 0.1) is 4.90 Å². The molecule has 1 aliphatic heterocycles. The van der Waals surface area contributed by atoms with Crippen molar-refractivity contribution in [1.29, 1.82) is 0 Å². The van der Waals surface area contributed by atoms with Crippen molar-refractivity contribution in [1.82, 2.24) is 4.31 Å². The number of rotatable bonds is 2. The molecule has 5 heteroatoms. The van der Waals surface area contributed by atoms with Crippen molar-refractivity contribution in [2.75, 3.05) is 13.1 Å². The van der Waals surface area contributed by atoms with E-state index in [4.69, 9.17) is 5.73 Å². The lowest BCUT2D eigenvalue weighted by Crippen LogP contribution is -2.57. The number of aryl methyl sites for hydroxylation is 2. The summed E-state index contributed by atoms with van der Waals surface area (Å²) in [7, 11) is -3.39. The molecule has 1 aromatic rings. The molecule has 1 aromatic carbocycles. The van der Waals surface area contributed by atoms with Crippen molar-refractivity contribution < 1.29 is 8.42 Å². The maximum absolute atomic E-state index is 12.6. The van der Waals surface area contributed by atoms with Crippen LogP contribution in [0.1, 0.15) is 22.3 Å². The van der Waals surface area contributed by atoms with Gasteiger partial charge in [-0.25, -0.2) is 8.42 Å². The summed E-state index contributed by atoms with van der Waals surface area (Å²) in [5, 5.41) is 0. The lowest BCUT2D eigenvalue weighted by molar-refractivity contribution is 0.265. The Labute approximate surface area is 109 Å². The van der Waals surface area contributed by atoms with Crippen molar-refractivity contribution >= 4 is 10.0 Å². The molecular formula is C13H20N2O2S. The van der Waals surface area contributed by atoms with Gasteiger partial charge in [-0.05, 0) is 49.9 Å². The van der Waals surface area contributed by atoms with E-state index >= 15 is 0 Å². The quantitative estimate of drug-likeness (QED) is 0.878. The lowest BCUT2D eigenvalue weighted by atomic mass is 10.0. The molecule has 0 amide bonds. The summed E-state index contributed by atoms with van der Waals surface area (Å²) >= 11 is 0. The molecule has 1 fully saturated rings. The van der Waals surface area contributed by atoms with Crippen molar-refractivity contribution in [3.63, 3.8) is 0 Å². The number of nitrogens with zero attached hydrogens (tertiary/aromatic N) is 1. The highest BCUT2D eigenvalue weighted by molar-refractivity contribution is 7.89. The third-order valence-electron chi connectivity index (χ3n) is 3.77. The van der Waals surface area contributed by atoms with Crippen LogP contribution in [-0.2, 0) is 10.0 Å². The Morgan fingerprint density at radius 3 is 1.94 bits per heavy atom. The van der Waals surface area contributed by atoms with Crippen LogP contribution >= 0.6 is 0 Å². The number of hydrogen-bond donors (Lipinski definition) is 1. The van der Waals surface area contributed by atoms with E-state index in [0.717, 1.165) is 22.3 Å². The Morgan fingerprint density at radius 2 is 1.56 bits per heavy atom. The lowest BCUT2D eigenvalue weighted by Gasteiger charge is -2.36. The number of sulfonamides is 1. The molecule has 1 heterocycles. The first-order valence-corrected chi connectivity index (χ1v) is 7.52. The van der Waals surface area contributed by atoms with Gasteiger partial charge >= 0.3 is 0 Å². The van der Waals surface area contributed by atoms with E-state index in [2.05, 4.69) is 0 Å². The van der Waals surface area contributed by atoms with E-state index in [1.54, 1.807) is 0 Å². The third kappa shape index (κ3) is 1.96. The minimum Gasteiger partial charge on any atom is -0.325 e. The molecule has 18 heavy (non-hydrogen) atoms. The Balaban J connectivity index is 2.58. The van der Waals surface area contributed by atoms with Crippen LogP contribution in [0.25, 0.3) is 0 Å². The van der Waals surface area contributed by atoms with Gasteiger partial charge in [-0.1, -0.05) is 6.07 Å². The molecule has 1 aliphatic rings. The molecule has 0 spiro atoms. The monoisotopic (exact) mass is 268 g/mol. The fourth-order valence-corrected chi connectivity index (χ4v) is 4.49. The first-order chi connectivity index (χ1) is 8.25. The van der Waals surface area contributed by atoms with Crippen LogP contribution in [-0.4, -0.2) is 31.9 Å². The standard InChI is InChI=1S/C13H20N2O2S/c1-8-5-9(2)11(4)13(10(8)3)18(16,17)15-6-12(14)7-15/h5,12H,6-7,14H2,1-4H3. The molecule has 0 aromatic heterocycles. The second-order valence-corrected chi connectivity index (χ2v) is 7.05. The topological polar surface area (TPSA) is 63.4 Å². The van der Waals surface area contributed by atoms with E-state index in [9.17, 15) is 8.42 Å². The van der Waals surface area contributed by atoms with Crippen molar-refractivity contribution in [3.8, 4) is 0 Å². The Hall–Kier alpha value is -0.910. The van der Waals surface area contributed by atoms with E-state index in [1.807, 2.05) is 33.8 Å². The first kappa shape index (κ1) is 13.5. The van der Waals surface area contributed by atoms with Gasteiger partial charge in [0.25, 0.3) is 0 Å². The average molecular weight is 268 g/mol. The second-order valence-electron chi connectivity index (χ2n) is 5.17. The molecule has 0 aliphatic carbocycles. The molecule has 2 N–H and O–H groups in total. The van der Waals surface area contributed by atoms with Crippen molar-refractivity contribution in [3.05, 3.63) is 28.3 Å². The third-order valence-corrected chi connectivity index (χ3v) is 5.88. The summed E-state index contributed by atoms with van der Waals surface area (Å²) in [5.74, 6) is 0. The molecule has 0 atom stereocenters. The number of benzene rings is 1. The molecule has 0 unspecified atom stereocenters. The first-order valence-electron chi connectivity index (χ1n) is 6.08. The molecule has 0 bridgehead atoms. The number of nitrogens with two attached hydrogens (primary N) is 1. The van der Waals surface area contributed by atoms with E-state index in [0.29, 0.717) is 18.0 Å². The Bertz CT molecular complexity index is 561. The Morgan fingerprint density at radius 1 is 1.11 bits per heavy atom. The highest BCUT2D eigenvalue weighted by Gasteiger charge is 2.36. The van der Waals surface area contributed by atoms with Crippen LogP contribution in [0.4, 0.5) is 0 Å². The summed E-state index contributed by atoms with van der Waals surface area (Å²) < 4.78 is 26.6. The SMILES string of the molecule is Cc1cc(C)c(C)c(S(=O)(=O)N2CC(N)C2)c1C. The van der Waals surface area contributed by atoms with Crippen LogP contribution in [0.3, 0.4) is 0 Å². The van der Waals surface area contributed by atoms with E-state index in [-0.39, 0.29) is 6.04 Å². The normalized spacial score (nSPS) is 17.8. The summed E-state index contributed by atoms with van der Waals surface area (Å²) in [6.45, 7) is 8.48. The predicted octanol–water partition coefficient (Wildman–Crippen LogP) is 1.25. The number of hydrogen-bond acceptors (Lipinski definition) is 3. The van der Waals surface area contributed by atoms with Gasteiger partial charge in [-0.15, -0.1) is 0 Å². The summed E-state index contributed by atoms with van der Waals surface area (Å²) in [4.78, 5) is 0.465. The molecule has 0 radical (unpaired) electrons. The fraction of sp³-hybridized carbons (Fsp3) is 0.538. The van der Waals surface area contributed by atoms with Crippen LogP contribution in [0.15, 0.2) is 11.0 Å². The van der Waals surface area contributed by atoms with Gasteiger partial charge in [-0.3, -0.25) is 0 Å². The molecule has 1 saturated heterocycles. The smallest absolute Gasteiger partial charge is 0.243 e. The van der Waals surface area contributed by atoms with Crippen LogP contribution < -0.4 is 5.73 Å². The largest absolute Gasteiger partial charge is 0.325 e. The van der Waals surface area contributed by atoms with Gasteiger partial charge in [0, 0.05) is 19.1 Å². The maximum atomic E-state index is 12.6. The minimum absolute atomic E-state index is 0.0220. The van der Waals surface area contributed by atoms with Crippen LogP contribution in [0, 0.1) is 27.7 Å². The average Bonchev–Trinajstić information content (AvgIpc) is 2.22. The van der Waals surface area contributed by atoms with Crippen LogP contribution in [0.2, 0.25) is 0 Å². The predicted molar refractivity (Wildman–Crippen MR) is 72.1 cm³/mol. The minimum atomic E-state index is -3.39. The molecule has 4 nitrogen and oxygen atoms in total. The molecule has 2 rings (SSSR count). The maximum Gasteiger partial charge on any atom is 0.243 e. The van der Waals surface area contributed by atoms with Crippen LogP contribution in [0.5, 0.6) is 0 Å². The molecule has 100 valence electrons. The van der Waals surface area contributed by atoms with Gasteiger partial charge in [0.2, 0.25) is 10.0 Å². The van der Waals surface area contributed by atoms with Crippen molar-refractivity contribution in [2.24, 2.45) is 5.73 Å². The molecule has 0 saturated carbocycles. The van der Waals surface area contributed by atoms with Crippen molar-refractivity contribution in [2.45, 2.75) is 38.6 Å². The Kier molecular flexibility index (Phi) is 3.25. The van der Waals surface area contributed by atoms with E-state index in [1.165, 1.54) is 4.31 Å². The van der Waals surface area contributed by atoms with Gasteiger partial charge < -0.3 is 5.73 Å². The summed E-state index contributed by atoms with van der Waals surface area (Å²) in [5.41, 5.74) is 9.40. The van der Waals surface area contributed by atoms with Gasteiger partial charge in [0.1, 0.15) is 0 Å². The highest BCUT2D eigenvalue weighted by Crippen LogP contribution is 2.30. The van der Waals surface area contributed by atoms with E-state index < -0.39 is 10.0 Å². The fourth-order valence-electron chi connectivity index (χ4n) is 2.36. The van der Waals surface area contributed by atoms with Gasteiger partial charge in [-0.2, -0.15) is 4.31 Å². The zero-order valence-electron chi connectivity index (χ0n) is 11.3. The summed E-state index contributed by atoms with van der Waals surface area (Å²) in [6, 6.07) is 2.01. The van der Waals surface area contributed by atoms with Gasteiger partial charge in [0.15, 0.2) is 0 Å². The summed E-state index contributed by atoms with van der Waals surface area (Å²) in [6.07, 6.45) is 0. The zero-order chi connectivity index (χ0) is 13.7. The molecular weight excluding hydrogens is 248 g/mol. The zero-order valence-corrected chi connectivity index (χ0v) is 12.1.